The quantitative estimate of drug-likeness (QED) is 0.380. The van der Waals surface area contributed by atoms with Crippen LogP contribution in [0, 0.1) is 0 Å². The maximum atomic E-state index is 13.4. The average molecular weight is 483 g/mol. The molecule has 162 valence electrons. The zero-order valence-electron chi connectivity index (χ0n) is 17.4. The van der Waals surface area contributed by atoms with E-state index in [9.17, 15) is 9.59 Å². The molecule has 1 aliphatic heterocycles. The summed E-state index contributed by atoms with van der Waals surface area (Å²) in [6, 6.07) is 21.6. The van der Waals surface area contributed by atoms with Crippen molar-refractivity contribution in [2.75, 3.05) is 10.2 Å². The molecule has 0 saturated heterocycles. The summed E-state index contributed by atoms with van der Waals surface area (Å²) in [6.45, 7) is 4.24. The molecule has 0 unspecified atom stereocenters. The van der Waals surface area contributed by atoms with Crippen LogP contribution in [0.4, 0.5) is 11.4 Å². The van der Waals surface area contributed by atoms with Crippen LogP contribution in [0.2, 0.25) is 10.0 Å². The van der Waals surface area contributed by atoms with Gasteiger partial charge in [0.2, 0.25) is 0 Å². The van der Waals surface area contributed by atoms with Crippen molar-refractivity contribution in [3.05, 3.63) is 99.0 Å². The second kappa shape index (κ2) is 9.41. The summed E-state index contributed by atoms with van der Waals surface area (Å²) in [4.78, 5) is 29.0. The molecule has 0 atom stereocenters. The SMILES string of the molecule is CC(C)c1ccc(NC2=C(Sc3ccc(Cl)cc3)C(=O)N(c3ccc(Cl)cc3)C2=O)cc1. The number of hydrogen-bond donors (Lipinski definition) is 1. The van der Waals surface area contributed by atoms with Crippen molar-refractivity contribution in [2.24, 2.45) is 0 Å². The minimum Gasteiger partial charge on any atom is -0.350 e. The predicted molar refractivity (Wildman–Crippen MR) is 132 cm³/mol. The molecule has 0 spiro atoms. The third kappa shape index (κ3) is 4.70. The number of thioether (sulfide) groups is 1. The standard InChI is InChI=1S/C25H20Cl2N2O2S/c1-15(2)16-3-9-19(10-4-16)28-22-23(32-21-13-7-18(27)8-14-21)25(31)29(24(22)30)20-11-5-17(26)6-12-20/h3-15,28H,1-2H3. The predicted octanol–water partition coefficient (Wildman–Crippen LogP) is 7.11. The van der Waals surface area contributed by atoms with Gasteiger partial charge in [0.05, 0.1) is 5.69 Å². The lowest BCUT2D eigenvalue weighted by Gasteiger charge is -2.15. The number of anilines is 2. The second-order valence-corrected chi connectivity index (χ2v) is 9.54. The van der Waals surface area contributed by atoms with Gasteiger partial charge in [-0.2, -0.15) is 0 Å². The van der Waals surface area contributed by atoms with Gasteiger partial charge in [-0.3, -0.25) is 9.59 Å². The van der Waals surface area contributed by atoms with Crippen LogP contribution in [0.25, 0.3) is 0 Å². The van der Waals surface area contributed by atoms with Gasteiger partial charge in [0, 0.05) is 20.6 Å². The summed E-state index contributed by atoms with van der Waals surface area (Å²) in [6.07, 6.45) is 0. The first-order valence-corrected chi connectivity index (χ1v) is 11.6. The highest BCUT2D eigenvalue weighted by Crippen LogP contribution is 2.38. The number of hydrogen-bond acceptors (Lipinski definition) is 4. The maximum absolute atomic E-state index is 13.4. The van der Waals surface area contributed by atoms with Gasteiger partial charge < -0.3 is 5.32 Å². The summed E-state index contributed by atoms with van der Waals surface area (Å²) < 4.78 is 0. The van der Waals surface area contributed by atoms with Crippen molar-refractivity contribution < 1.29 is 9.59 Å². The Morgan fingerprint density at radius 3 is 1.91 bits per heavy atom. The molecule has 0 radical (unpaired) electrons. The zero-order valence-corrected chi connectivity index (χ0v) is 19.8. The van der Waals surface area contributed by atoms with Crippen molar-refractivity contribution in [3.63, 3.8) is 0 Å². The van der Waals surface area contributed by atoms with E-state index in [1.54, 1.807) is 36.4 Å². The fraction of sp³-hybridized carbons (Fsp3) is 0.120. The molecule has 32 heavy (non-hydrogen) atoms. The molecule has 0 bridgehead atoms. The van der Waals surface area contributed by atoms with E-state index < -0.39 is 11.8 Å². The van der Waals surface area contributed by atoms with E-state index >= 15 is 0 Å². The molecule has 1 N–H and O–H groups in total. The minimum absolute atomic E-state index is 0.238. The van der Waals surface area contributed by atoms with E-state index in [2.05, 4.69) is 19.2 Å². The lowest BCUT2D eigenvalue weighted by molar-refractivity contribution is -0.120. The summed E-state index contributed by atoms with van der Waals surface area (Å²) in [5.74, 6) is -0.408. The summed E-state index contributed by atoms with van der Waals surface area (Å²) in [7, 11) is 0. The molecular weight excluding hydrogens is 463 g/mol. The minimum atomic E-state index is -0.415. The Balaban J connectivity index is 1.71. The third-order valence-electron chi connectivity index (χ3n) is 5.01. The highest BCUT2D eigenvalue weighted by molar-refractivity contribution is 8.04. The molecule has 2 amide bonds. The number of imide groups is 1. The zero-order chi connectivity index (χ0) is 22.8. The monoisotopic (exact) mass is 482 g/mol. The number of nitrogens with one attached hydrogen (secondary N) is 1. The van der Waals surface area contributed by atoms with Gasteiger partial charge in [0.1, 0.15) is 10.6 Å². The lowest BCUT2D eigenvalue weighted by Crippen LogP contribution is -2.32. The summed E-state index contributed by atoms with van der Waals surface area (Å²) in [5, 5.41) is 4.30. The largest absolute Gasteiger partial charge is 0.350 e. The van der Waals surface area contributed by atoms with E-state index in [0.717, 1.165) is 10.6 Å². The molecule has 7 heteroatoms. The molecule has 4 rings (SSSR count). The smallest absolute Gasteiger partial charge is 0.283 e. The van der Waals surface area contributed by atoms with Gasteiger partial charge in [-0.15, -0.1) is 0 Å². The fourth-order valence-corrected chi connectivity index (χ4v) is 4.43. The van der Waals surface area contributed by atoms with Gasteiger partial charge in [-0.05, 0) is 72.1 Å². The molecule has 4 nitrogen and oxygen atoms in total. The molecule has 0 aromatic heterocycles. The van der Waals surface area contributed by atoms with Gasteiger partial charge in [-0.1, -0.05) is 60.9 Å². The van der Waals surface area contributed by atoms with Crippen molar-refractivity contribution in [1.29, 1.82) is 0 Å². The van der Waals surface area contributed by atoms with E-state index in [4.69, 9.17) is 23.2 Å². The molecule has 1 aliphatic rings. The molecule has 3 aromatic rings. The van der Waals surface area contributed by atoms with Crippen LogP contribution in [0.1, 0.15) is 25.3 Å². The van der Waals surface area contributed by atoms with Gasteiger partial charge in [-0.25, -0.2) is 4.90 Å². The first kappa shape index (κ1) is 22.5. The van der Waals surface area contributed by atoms with Crippen LogP contribution in [0.5, 0.6) is 0 Å². The van der Waals surface area contributed by atoms with Crippen LogP contribution in [-0.4, -0.2) is 11.8 Å². The molecule has 0 aliphatic carbocycles. The molecule has 0 fully saturated rings. The topological polar surface area (TPSA) is 49.4 Å². The number of carbonyl (C=O) groups excluding carboxylic acids is 2. The van der Waals surface area contributed by atoms with Crippen molar-refractivity contribution in [3.8, 4) is 0 Å². The van der Waals surface area contributed by atoms with Gasteiger partial charge >= 0.3 is 0 Å². The maximum Gasteiger partial charge on any atom is 0.283 e. The molecule has 3 aromatic carbocycles. The van der Waals surface area contributed by atoms with Crippen molar-refractivity contribution >= 4 is 58.2 Å². The van der Waals surface area contributed by atoms with Crippen LogP contribution in [0.3, 0.4) is 0 Å². The fourth-order valence-electron chi connectivity index (χ4n) is 3.26. The van der Waals surface area contributed by atoms with Crippen molar-refractivity contribution in [2.45, 2.75) is 24.7 Å². The summed E-state index contributed by atoms with van der Waals surface area (Å²) in [5.41, 5.74) is 2.63. The first-order valence-electron chi connectivity index (χ1n) is 10.0. The normalized spacial score (nSPS) is 14.0. The third-order valence-corrected chi connectivity index (χ3v) is 6.60. The Morgan fingerprint density at radius 1 is 0.781 bits per heavy atom. The van der Waals surface area contributed by atoms with Gasteiger partial charge in [0.25, 0.3) is 11.8 Å². The van der Waals surface area contributed by atoms with E-state index in [-0.39, 0.29) is 5.70 Å². The number of rotatable bonds is 6. The Hall–Kier alpha value is -2.73. The highest BCUT2D eigenvalue weighted by Gasteiger charge is 2.40. The van der Waals surface area contributed by atoms with Crippen molar-refractivity contribution in [1.82, 2.24) is 0 Å². The van der Waals surface area contributed by atoms with Crippen LogP contribution >= 0.6 is 35.0 Å². The second-order valence-electron chi connectivity index (χ2n) is 7.58. The molecule has 0 saturated carbocycles. The van der Waals surface area contributed by atoms with E-state index in [1.807, 2.05) is 36.4 Å². The van der Waals surface area contributed by atoms with E-state index in [0.29, 0.717) is 26.6 Å². The molecule has 1 heterocycles. The van der Waals surface area contributed by atoms with Crippen LogP contribution in [-0.2, 0) is 9.59 Å². The van der Waals surface area contributed by atoms with E-state index in [1.165, 1.54) is 22.2 Å². The van der Waals surface area contributed by atoms with Crippen LogP contribution < -0.4 is 10.2 Å². The highest BCUT2D eigenvalue weighted by atomic mass is 35.5. The molecular formula is C25H20Cl2N2O2S. The Bertz CT molecular complexity index is 1190. The van der Waals surface area contributed by atoms with Gasteiger partial charge in [0.15, 0.2) is 0 Å². The number of halogens is 2. The number of benzene rings is 3. The number of carbonyl (C=O) groups is 2. The Labute approximate surface area is 201 Å². The first-order chi connectivity index (χ1) is 15.3. The average Bonchev–Trinajstić information content (AvgIpc) is 3.00. The summed E-state index contributed by atoms with van der Waals surface area (Å²) >= 11 is 13.2. The Kier molecular flexibility index (Phi) is 6.60. The lowest BCUT2D eigenvalue weighted by atomic mass is 10.0. The number of nitrogens with zero attached hydrogens (tertiary/aromatic N) is 1. The number of amides is 2. The Morgan fingerprint density at radius 2 is 1.34 bits per heavy atom. The van der Waals surface area contributed by atoms with Crippen LogP contribution in [0.15, 0.2) is 88.3 Å².